The van der Waals surface area contributed by atoms with Crippen molar-refractivity contribution < 1.29 is 68.9 Å². The summed E-state index contributed by atoms with van der Waals surface area (Å²) in [6.07, 6.45) is 2.67. The van der Waals surface area contributed by atoms with Crippen molar-refractivity contribution in [1.29, 1.82) is 0 Å². The number of carbonyl (C=O) groups excluding carboxylic acids is 1. The molecule has 304 valence electrons. The highest BCUT2D eigenvalue weighted by Gasteiger charge is 2.41. The molecule has 0 aliphatic heterocycles. The van der Waals surface area contributed by atoms with E-state index in [0.717, 1.165) is 15.9 Å². The second-order valence-electron chi connectivity index (χ2n) is 13.8. The minimum absolute atomic E-state index is 0.0669. The van der Waals surface area contributed by atoms with Gasteiger partial charge in [0.15, 0.2) is 5.78 Å². The fourth-order valence-corrected chi connectivity index (χ4v) is 7.19. The second-order valence-corrected chi connectivity index (χ2v) is 14.6. The van der Waals surface area contributed by atoms with E-state index in [1.54, 1.807) is 32.9 Å². The molecule has 0 saturated carbocycles. The summed E-state index contributed by atoms with van der Waals surface area (Å²) in [5, 5.41) is 59.5. The summed E-state index contributed by atoms with van der Waals surface area (Å²) in [6, 6.07) is 9.80. The summed E-state index contributed by atoms with van der Waals surface area (Å²) in [7, 11) is 0. The highest BCUT2D eigenvalue weighted by Crippen LogP contribution is 2.53. The Bertz CT molecular complexity index is 2330. The van der Waals surface area contributed by atoms with Crippen molar-refractivity contribution in [3.63, 3.8) is 0 Å². The number of allylic oxidation sites excluding steroid dienone is 5. The molecule has 2 aliphatic carbocycles. The number of hydrogen-bond acceptors (Lipinski definition) is 11. The normalized spacial score (nSPS) is 14.1. The van der Waals surface area contributed by atoms with E-state index in [2.05, 4.69) is 0 Å². The van der Waals surface area contributed by atoms with E-state index in [1.165, 1.54) is 36.4 Å². The second kappa shape index (κ2) is 16.9. The van der Waals surface area contributed by atoms with Crippen LogP contribution >= 0.6 is 23.2 Å². The van der Waals surface area contributed by atoms with Crippen molar-refractivity contribution in [2.75, 3.05) is 49.2 Å². The number of aliphatic carboxylic acids is 4. The third kappa shape index (κ3) is 9.03. The van der Waals surface area contributed by atoms with Gasteiger partial charge in [-0.3, -0.25) is 24.0 Å². The largest absolute Gasteiger partial charge is 0.506 e. The fraction of sp³-hybridized carbons (Fsp3) is 0.250. The van der Waals surface area contributed by atoms with Crippen LogP contribution in [0.3, 0.4) is 0 Å². The molecule has 0 bridgehead atoms. The minimum Gasteiger partial charge on any atom is -0.506 e. The van der Waals surface area contributed by atoms with Crippen LogP contribution in [0.2, 0.25) is 5.02 Å². The van der Waals surface area contributed by atoms with E-state index in [4.69, 9.17) is 32.7 Å². The number of phenolic OH excluding ortho intramolecular Hbond substituents is 1. The predicted molar refractivity (Wildman–Crippen MR) is 210 cm³/mol. The molecule has 16 nitrogen and oxygen atoms in total. The van der Waals surface area contributed by atoms with Crippen molar-refractivity contribution in [2.45, 2.75) is 26.2 Å². The van der Waals surface area contributed by atoms with Crippen molar-refractivity contribution in [3.8, 4) is 17.2 Å². The Balaban J connectivity index is 1.67. The first kappa shape index (κ1) is 42.6. The molecule has 18 heteroatoms. The molecule has 0 amide bonds. The SMILES string of the molecule is Cc1ccc(N(CC(=O)O)CC(=O)O)c(OCCOc2cc(C(=O)O)c(C3=C4C=C(Cl)C(=O)C=C4C(C)(C)c4cc(O)c(Cl)cc43)cc2N(CC(=O)O)CC(=O)O)c1. The Hall–Kier alpha value is -6.52. The number of anilines is 2. The number of benzene rings is 3. The van der Waals surface area contributed by atoms with Gasteiger partial charge in [0, 0.05) is 5.41 Å². The van der Waals surface area contributed by atoms with E-state index in [9.17, 15) is 59.4 Å². The number of rotatable bonds is 17. The number of carbonyl (C=O) groups is 6. The lowest BCUT2D eigenvalue weighted by Gasteiger charge is -2.39. The first-order chi connectivity index (χ1) is 27.2. The summed E-state index contributed by atoms with van der Waals surface area (Å²) in [5.74, 6) is -7.91. The number of ether oxygens (including phenoxy) is 2. The summed E-state index contributed by atoms with van der Waals surface area (Å²) in [6.45, 7) is 1.55. The molecule has 3 aromatic rings. The predicted octanol–water partition coefficient (Wildman–Crippen LogP) is 5.19. The number of phenols is 1. The molecule has 5 rings (SSSR count). The van der Waals surface area contributed by atoms with Gasteiger partial charge in [0.25, 0.3) is 0 Å². The number of aryl methyl sites for hydroxylation is 1. The van der Waals surface area contributed by atoms with Gasteiger partial charge >= 0.3 is 29.8 Å². The van der Waals surface area contributed by atoms with E-state index in [0.29, 0.717) is 27.8 Å². The lowest BCUT2D eigenvalue weighted by atomic mass is 9.64. The molecule has 2 aliphatic rings. The van der Waals surface area contributed by atoms with Crippen LogP contribution in [0.15, 0.2) is 70.8 Å². The number of aromatic hydroxyl groups is 1. The van der Waals surface area contributed by atoms with Gasteiger partial charge in [-0.15, -0.1) is 0 Å². The zero-order chi connectivity index (χ0) is 42.8. The first-order valence-corrected chi connectivity index (χ1v) is 18.0. The monoisotopic (exact) mass is 838 g/mol. The van der Waals surface area contributed by atoms with E-state index >= 15 is 0 Å². The molecule has 0 fully saturated rings. The number of hydrogen-bond donors (Lipinski definition) is 6. The average Bonchev–Trinajstić information content (AvgIpc) is 3.11. The maximum absolute atomic E-state index is 13.1. The summed E-state index contributed by atoms with van der Waals surface area (Å²) < 4.78 is 11.9. The van der Waals surface area contributed by atoms with Crippen molar-refractivity contribution >= 4 is 75.8 Å². The van der Waals surface area contributed by atoms with Gasteiger partial charge in [0.05, 0.1) is 27.0 Å². The van der Waals surface area contributed by atoms with E-state index < -0.39 is 72.8 Å². The zero-order valence-electron chi connectivity index (χ0n) is 31.0. The molecule has 0 saturated heterocycles. The van der Waals surface area contributed by atoms with Crippen molar-refractivity contribution in [1.82, 2.24) is 0 Å². The lowest BCUT2D eigenvalue weighted by molar-refractivity contribution is -0.138. The number of ketones is 1. The number of aromatic carboxylic acids is 1. The minimum atomic E-state index is -1.48. The third-order valence-corrected chi connectivity index (χ3v) is 9.94. The molecule has 0 radical (unpaired) electrons. The standard InChI is InChI=1S/C40H36Cl2N2O14/c1-19-4-5-28(43(15-34(47)48)16-35(49)50)32(8-19)57-6-7-58-33-12-21(39(55)56)20(11-29(33)44(17-36(51)52)18-37(53)54)38-22-9-26(41)30(45)13-24(22)40(2,3)25-14-31(46)27(42)10-23(25)38/h4-5,8-14,45H,6-7,15-18H2,1-3H3,(H,47,48)(H,49,50)(H,51,52)(H,53,54)(H,55,56). The molecule has 0 atom stereocenters. The molecule has 3 aromatic carbocycles. The topological polar surface area (TPSA) is 249 Å². The van der Waals surface area contributed by atoms with E-state index in [1.807, 2.05) is 0 Å². The van der Waals surface area contributed by atoms with E-state index in [-0.39, 0.29) is 63.0 Å². The number of halogens is 2. The Morgan fingerprint density at radius 1 is 0.707 bits per heavy atom. The number of fused-ring (bicyclic) bond motifs is 2. The number of carboxylic acid groups (broad SMARTS) is 5. The molecule has 0 unspecified atom stereocenters. The smallest absolute Gasteiger partial charge is 0.336 e. The average molecular weight is 840 g/mol. The van der Waals surface area contributed by atoms with Gasteiger partial charge in [-0.25, -0.2) is 4.79 Å². The number of nitrogens with zero attached hydrogens (tertiary/aromatic N) is 2. The maximum atomic E-state index is 13.1. The van der Waals surface area contributed by atoms with Gasteiger partial charge in [-0.05, 0) is 94.4 Å². The molecule has 58 heavy (non-hydrogen) atoms. The quantitative estimate of drug-likeness (QED) is 0.0958. The summed E-state index contributed by atoms with van der Waals surface area (Å²) >= 11 is 12.8. The van der Waals surface area contributed by atoms with Crippen LogP contribution in [-0.2, 0) is 29.4 Å². The van der Waals surface area contributed by atoms with Gasteiger partial charge in [-0.2, -0.15) is 0 Å². The Morgan fingerprint density at radius 2 is 1.24 bits per heavy atom. The highest BCUT2D eigenvalue weighted by atomic mass is 35.5. The summed E-state index contributed by atoms with van der Waals surface area (Å²) in [5.41, 5.74) is 0.917. The Kier molecular flexibility index (Phi) is 12.4. The fourth-order valence-electron chi connectivity index (χ4n) is 6.87. The molecule has 0 spiro atoms. The van der Waals surface area contributed by atoms with Crippen LogP contribution in [-0.4, -0.2) is 106 Å². The zero-order valence-corrected chi connectivity index (χ0v) is 32.6. The van der Waals surface area contributed by atoms with Crippen LogP contribution in [0.1, 0.15) is 46.5 Å². The van der Waals surface area contributed by atoms with Crippen LogP contribution in [0.25, 0.3) is 5.57 Å². The first-order valence-electron chi connectivity index (χ1n) is 17.3. The molecule has 0 heterocycles. The lowest BCUT2D eigenvalue weighted by Crippen LogP contribution is -2.35. The van der Waals surface area contributed by atoms with Crippen LogP contribution in [0.4, 0.5) is 11.4 Å². The van der Waals surface area contributed by atoms with Gasteiger partial charge in [-0.1, -0.05) is 43.1 Å². The van der Waals surface area contributed by atoms with Crippen molar-refractivity contribution in [2.24, 2.45) is 0 Å². The molecular formula is C40H36Cl2N2O14. The Labute approximate surface area is 340 Å². The third-order valence-electron chi connectivity index (χ3n) is 9.34. The number of carboxylic acids is 5. The summed E-state index contributed by atoms with van der Waals surface area (Å²) in [4.78, 5) is 75.3. The molecule has 6 N–H and O–H groups in total. The molecule has 0 aromatic heterocycles. The van der Waals surface area contributed by atoms with Crippen molar-refractivity contribution in [3.05, 3.63) is 104 Å². The van der Waals surface area contributed by atoms with Gasteiger partial charge in [0.2, 0.25) is 0 Å². The Morgan fingerprint density at radius 3 is 1.78 bits per heavy atom. The van der Waals surface area contributed by atoms with Gasteiger partial charge < -0.3 is 49.9 Å². The van der Waals surface area contributed by atoms with Crippen LogP contribution in [0, 0.1) is 6.92 Å². The molecular weight excluding hydrogens is 803 g/mol. The van der Waals surface area contributed by atoms with Gasteiger partial charge in [0.1, 0.15) is 56.6 Å². The maximum Gasteiger partial charge on any atom is 0.336 e. The van der Waals surface area contributed by atoms with Crippen LogP contribution in [0.5, 0.6) is 17.2 Å². The van der Waals surface area contributed by atoms with Crippen LogP contribution < -0.4 is 19.3 Å². The highest BCUT2D eigenvalue weighted by molar-refractivity contribution is 6.45.